The maximum Gasteiger partial charge on any atom is 0.264 e. The van der Waals surface area contributed by atoms with Crippen molar-refractivity contribution >= 4 is 26.6 Å². The van der Waals surface area contributed by atoms with Gasteiger partial charge < -0.3 is 5.32 Å². The zero-order chi connectivity index (χ0) is 22.9. The lowest BCUT2D eigenvalue weighted by Crippen LogP contribution is -2.34. The summed E-state index contributed by atoms with van der Waals surface area (Å²) in [6.45, 7) is 11.5. The van der Waals surface area contributed by atoms with E-state index in [9.17, 15) is 8.42 Å². The molecule has 3 aromatic rings. The van der Waals surface area contributed by atoms with E-state index >= 15 is 0 Å². The Morgan fingerprint density at radius 2 is 2.00 bits per heavy atom. The molecule has 1 fully saturated rings. The number of hydrogen-bond donors (Lipinski definition) is 1. The third-order valence-corrected chi connectivity index (χ3v) is 7.96. The molecule has 1 aliphatic rings. The van der Waals surface area contributed by atoms with E-state index in [0.717, 1.165) is 47.4 Å². The molecule has 172 valence electrons. The molecule has 0 radical (unpaired) electrons. The second-order valence-electron chi connectivity index (χ2n) is 9.48. The summed E-state index contributed by atoms with van der Waals surface area (Å²) in [5.74, 6) is 0.752. The Hall–Kier alpha value is -2.38. The van der Waals surface area contributed by atoms with Crippen LogP contribution in [0, 0.1) is 25.7 Å². The van der Waals surface area contributed by atoms with Crippen molar-refractivity contribution in [3.8, 4) is 0 Å². The second-order valence-corrected chi connectivity index (χ2v) is 11.3. The zero-order valence-electron chi connectivity index (χ0n) is 19.5. The van der Waals surface area contributed by atoms with Crippen molar-refractivity contribution in [3.05, 3.63) is 53.7 Å². The smallest absolute Gasteiger partial charge is 0.264 e. The molecular formula is C25H34N4O2S. The maximum atomic E-state index is 13.8. The number of piperidine rings is 1. The molecule has 0 amide bonds. The summed E-state index contributed by atoms with van der Waals surface area (Å²) < 4.78 is 31.1. The van der Waals surface area contributed by atoms with Gasteiger partial charge in [0, 0.05) is 18.5 Å². The van der Waals surface area contributed by atoms with E-state index in [2.05, 4.69) is 10.4 Å². The highest BCUT2D eigenvalue weighted by Gasteiger charge is 2.27. The highest BCUT2D eigenvalue weighted by molar-refractivity contribution is 7.92. The lowest BCUT2D eigenvalue weighted by Gasteiger charge is -2.28. The SMILES string of the molecule is Cc1ccc(N(CC(C)C)S(=O)(=O)c2ccc3c(cnn3CC3CCCNC3)c2)c(C)c1. The number of anilines is 1. The molecule has 0 saturated carbocycles. The van der Waals surface area contributed by atoms with Crippen molar-refractivity contribution in [2.45, 2.75) is 52.0 Å². The van der Waals surface area contributed by atoms with Crippen LogP contribution in [0.25, 0.3) is 10.9 Å². The van der Waals surface area contributed by atoms with Gasteiger partial charge in [-0.15, -0.1) is 0 Å². The Kier molecular flexibility index (Phi) is 6.58. The molecule has 0 aliphatic carbocycles. The van der Waals surface area contributed by atoms with E-state index < -0.39 is 10.0 Å². The molecule has 1 saturated heterocycles. The number of aromatic nitrogens is 2. The van der Waals surface area contributed by atoms with Gasteiger partial charge in [-0.05, 0) is 81.4 Å². The van der Waals surface area contributed by atoms with Crippen molar-refractivity contribution in [1.29, 1.82) is 0 Å². The van der Waals surface area contributed by atoms with Gasteiger partial charge in [0.15, 0.2) is 0 Å². The fraction of sp³-hybridized carbons (Fsp3) is 0.480. The molecular weight excluding hydrogens is 420 g/mol. The summed E-state index contributed by atoms with van der Waals surface area (Å²) in [7, 11) is -3.71. The van der Waals surface area contributed by atoms with Gasteiger partial charge in [0.2, 0.25) is 0 Å². The monoisotopic (exact) mass is 454 g/mol. The fourth-order valence-electron chi connectivity index (χ4n) is 4.57. The summed E-state index contributed by atoms with van der Waals surface area (Å²) in [6, 6.07) is 11.3. The van der Waals surface area contributed by atoms with Crippen molar-refractivity contribution in [2.24, 2.45) is 11.8 Å². The quantitative estimate of drug-likeness (QED) is 0.571. The van der Waals surface area contributed by atoms with Crippen molar-refractivity contribution in [2.75, 3.05) is 23.9 Å². The number of benzene rings is 2. The summed E-state index contributed by atoms with van der Waals surface area (Å²) >= 11 is 0. The number of sulfonamides is 1. The zero-order valence-corrected chi connectivity index (χ0v) is 20.3. The Bertz CT molecular complexity index is 1190. The van der Waals surface area contributed by atoms with E-state index in [1.54, 1.807) is 22.6 Å². The van der Waals surface area contributed by atoms with Crippen LogP contribution >= 0.6 is 0 Å². The van der Waals surface area contributed by atoms with Crippen LogP contribution in [0.5, 0.6) is 0 Å². The molecule has 32 heavy (non-hydrogen) atoms. The Labute approximate surface area is 191 Å². The lowest BCUT2D eigenvalue weighted by molar-refractivity contribution is 0.329. The summed E-state index contributed by atoms with van der Waals surface area (Å²) in [4.78, 5) is 0.310. The van der Waals surface area contributed by atoms with Crippen molar-refractivity contribution in [1.82, 2.24) is 15.1 Å². The number of nitrogens with one attached hydrogen (secondary N) is 1. The molecule has 2 aromatic carbocycles. The number of aryl methyl sites for hydroxylation is 2. The van der Waals surface area contributed by atoms with Crippen LogP contribution in [-0.4, -0.2) is 37.8 Å². The van der Waals surface area contributed by atoms with Crippen LogP contribution in [0.15, 0.2) is 47.5 Å². The molecule has 1 atom stereocenters. The summed E-state index contributed by atoms with van der Waals surface area (Å²) in [5, 5.41) is 8.88. The number of rotatable bonds is 7. The van der Waals surface area contributed by atoms with Gasteiger partial charge >= 0.3 is 0 Å². The number of nitrogens with zero attached hydrogens (tertiary/aromatic N) is 3. The topological polar surface area (TPSA) is 67.2 Å². The van der Waals surface area contributed by atoms with Crippen LogP contribution < -0.4 is 9.62 Å². The highest BCUT2D eigenvalue weighted by atomic mass is 32.2. The fourth-order valence-corrected chi connectivity index (χ4v) is 6.29. The van der Waals surface area contributed by atoms with E-state index in [0.29, 0.717) is 17.4 Å². The number of fused-ring (bicyclic) bond motifs is 1. The van der Waals surface area contributed by atoms with Gasteiger partial charge in [-0.3, -0.25) is 8.99 Å². The minimum Gasteiger partial charge on any atom is -0.316 e. The van der Waals surface area contributed by atoms with Gasteiger partial charge in [-0.25, -0.2) is 8.42 Å². The third kappa shape index (κ3) is 4.69. The van der Waals surface area contributed by atoms with Crippen molar-refractivity contribution < 1.29 is 8.42 Å². The Morgan fingerprint density at radius 1 is 1.19 bits per heavy atom. The summed E-state index contributed by atoms with van der Waals surface area (Å²) in [5.41, 5.74) is 3.81. The van der Waals surface area contributed by atoms with E-state index in [-0.39, 0.29) is 5.92 Å². The van der Waals surface area contributed by atoms with Crippen LogP contribution in [0.1, 0.15) is 37.8 Å². The molecule has 1 aliphatic heterocycles. The van der Waals surface area contributed by atoms with Crippen LogP contribution in [0.3, 0.4) is 0 Å². The largest absolute Gasteiger partial charge is 0.316 e. The first-order chi connectivity index (χ1) is 15.3. The number of hydrogen-bond acceptors (Lipinski definition) is 4. The lowest BCUT2D eigenvalue weighted by atomic mass is 10.00. The standard InChI is InChI=1S/C25H34N4O2S/c1-18(2)16-29(24-9-7-19(3)12-20(24)4)32(30,31)23-8-10-25-22(13-23)15-27-28(25)17-21-6-5-11-26-14-21/h7-10,12-13,15,18,21,26H,5-6,11,14,16-17H2,1-4H3. The van der Waals surface area contributed by atoms with E-state index in [1.807, 2.05) is 56.6 Å². The minimum absolute atomic E-state index is 0.195. The molecule has 1 aromatic heterocycles. The first-order valence-electron chi connectivity index (χ1n) is 11.5. The molecule has 4 rings (SSSR count). The van der Waals surface area contributed by atoms with Crippen molar-refractivity contribution in [3.63, 3.8) is 0 Å². The Morgan fingerprint density at radius 3 is 2.69 bits per heavy atom. The average molecular weight is 455 g/mol. The molecule has 0 bridgehead atoms. The van der Waals surface area contributed by atoms with Gasteiger partial charge in [0.05, 0.1) is 22.3 Å². The average Bonchev–Trinajstić information content (AvgIpc) is 3.15. The van der Waals surface area contributed by atoms with Gasteiger partial charge in [0.25, 0.3) is 10.0 Å². The van der Waals surface area contributed by atoms with Crippen LogP contribution in [-0.2, 0) is 16.6 Å². The first kappa shape index (κ1) is 22.8. The second kappa shape index (κ2) is 9.24. The first-order valence-corrected chi connectivity index (χ1v) is 13.0. The van der Waals surface area contributed by atoms with Gasteiger partial charge in [0.1, 0.15) is 0 Å². The predicted octanol–water partition coefficient (Wildman–Crippen LogP) is 4.50. The maximum absolute atomic E-state index is 13.8. The van der Waals surface area contributed by atoms with E-state index in [4.69, 9.17) is 0 Å². The normalized spacial score (nSPS) is 17.2. The molecule has 7 heteroatoms. The summed E-state index contributed by atoms with van der Waals surface area (Å²) in [6.07, 6.45) is 4.17. The molecule has 6 nitrogen and oxygen atoms in total. The molecule has 2 heterocycles. The Balaban J connectivity index is 1.68. The van der Waals surface area contributed by atoms with Crippen LogP contribution in [0.4, 0.5) is 5.69 Å². The molecule has 1 N–H and O–H groups in total. The van der Waals surface area contributed by atoms with Gasteiger partial charge in [-0.1, -0.05) is 31.5 Å². The van der Waals surface area contributed by atoms with Gasteiger partial charge in [-0.2, -0.15) is 5.10 Å². The highest BCUT2D eigenvalue weighted by Crippen LogP contribution is 2.30. The third-order valence-electron chi connectivity index (χ3n) is 6.18. The van der Waals surface area contributed by atoms with E-state index in [1.165, 1.54) is 12.8 Å². The predicted molar refractivity (Wildman–Crippen MR) is 131 cm³/mol. The minimum atomic E-state index is -3.71. The molecule has 1 unspecified atom stereocenters. The molecule has 0 spiro atoms. The van der Waals surface area contributed by atoms with Crippen LogP contribution in [0.2, 0.25) is 0 Å².